The van der Waals surface area contributed by atoms with Crippen molar-refractivity contribution in [1.29, 1.82) is 0 Å². The van der Waals surface area contributed by atoms with Crippen LogP contribution < -0.4 is 24.8 Å². The molecule has 1 aromatic rings. The van der Waals surface area contributed by atoms with Crippen LogP contribution in [0.1, 0.15) is 39.5 Å². The largest absolute Gasteiger partial charge is 0.493 e. The van der Waals surface area contributed by atoms with Crippen LogP contribution in [0.15, 0.2) is 12.1 Å². The Morgan fingerprint density at radius 2 is 1.43 bits per heavy atom. The van der Waals surface area contributed by atoms with E-state index in [1.807, 2.05) is 0 Å². The summed E-state index contributed by atoms with van der Waals surface area (Å²) in [6.45, 7) is 4.84. The van der Waals surface area contributed by atoms with Crippen LogP contribution in [0.25, 0.3) is 0 Å². The van der Waals surface area contributed by atoms with Crippen molar-refractivity contribution in [3.8, 4) is 17.2 Å². The molecule has 7 nitrogen and oxygen atoms in total. The molecule has 156 valence electrons. The highest BCUT2D eigenvalue weighted by Gasteiger charge is 2.30. The molecule has 1 aliphatic rings. The third kappa shape index (κ3) is 5.53. The summed E-state index contributed by atoms with van der Waals surface area (Å²) in [7, 11) is 4.61. The molecule has 7 heteroatoms. The topological polar surface area (TPSA) is 85.9 Å². The third-order valence-electron chi connectivity index (χ3n) is 5.09. The van der Waals surface area contributed by atoms with Gasteiger partial charge in [0.15, 0.2) is 11.5 Å². The Hall–Kier alpha value is -2.44. The smallest absolute Gasteiger partial charge is 0.227 e. The van der Waals surface area contributed by atoms with E-state index >= 15 is 0 Å². The van der Waals surface area contributed by atoms with Gasteiger partial charge in [-0.15, -0.1) is 0 Å². The van der Waals surface area contributed by atoms with Crippen LogP contribution in [0.5, 0.6) is 17.2 Å². The van der Waals surface area contributed by atoms with Crippen molar-refractivity contribution in [2.45, 2.75) is 39.5 Å². The van der Waals surface area contributed by atoms with E-state index < -0.39 is 0 Å². The first-order chi connectivity index (χ1) is 13.4. The lowest BCUT2D eigenvalue weighted by Gasteiger charge is -2.27. The number of hydrogen-bond donors (Lipinski definition) is 2. The van der Waals surface area contributed by atoms with Gasteiger partial charge in [-0.25, -0.2) is 0 Å². The monoisotopic (exact) mass is 392 g/mol. The first kappa shape index (κ1) is 21.9. The first-order valence-corrected chi connectivity index (χ1v) is 9.78. The number of hydrogen-bond acceptors (Lipinski definition) is 5. The minimum absolute atomic E-state index is 0.00368. The van der Waals surface area contributed by atoms with Crippen LogP contribution in [0.3, 0.4) is 0 Å². The molecule has 1 fully saturated rings. The number of methoxy groups -OCH3 is 3. The van der Waals surface area contributed by atoms with E-state index in [-0.39, 0.29) is 23.7 Å². The summed E-state index contributed by atoms with van der Waals surface area (Å²) >= 11 is 0. The summed E-state index contributed by atoms with van der Waals surface area (Å²) in [5, 5.41) is 5.93. The Morgan fingerprint density at radius 1 is 0.929 bits per heavy atom. The van der Waals surface area contributed by atoms with Crippen molar-refractivity contribution in [2.75, 3.05) is 33.2 Å². The highest BCUT2D eigenvalue weighted by molar-refractivity contribution is 5.93. The van der Waals surface area contributed by atoms with E-state index in [9.17, 15) is 9.59 Å². The molecule has 2 amide bonds. The molecule has 0 aromatic heterocycles. The summed E-state index contributed by atoms with van der Waals surface area (Å²) in [4.78, 5) is 24.9. The van der Waals surface area contributed by atoms with Gasteiger partial charge in [-0.3, -0.25) is 9.59 Å². The average Bonchev–Trinajstić information content (AvgIpc) is 2.71. The molecule has 0 radical (unpaired) electrons. The van der Waals surface area contributed by atoms with Crippen molar-refractivity contribution in [2.24, 2.45) is 17.8 Å². The van der Waals surface area contributed by atoms with Gasteiger partial charge < -0.3 is 24.8 Å². The Morgan fingerprint density at radius 3 is 1.86 bits per heavy atom. The fourth-order valence-electron chi connectivity index (χ4n) is 3.46. The zero-order valence-electron chi connectivity index (χ0n) is 17.5. The Labute approximate surface area is 167 Å². The number of carbonyl (C=O) groups excluding carboxylic acids is 2. The summed E-state index contributed by atoms with van der Waals surface area (Å²) < 4.78 is 16.0. The maximum Gasteiger partial charge on any atom is 0.227 e. The lowest BCUT2D eigenvalue weighted by molar-refractivity contribution is -0.128. The van der Waals surface area contributed by atoms with Crippen LogP contribution in [-0.4, -0.2) is 39.7 Å². The molecular formula is C21H32N2O5. The zero-order valence-corrected chi connectivity index (χ0v) is 17.5. The average molecular weight is 392 g/mol. The second kappa shape index (κ2) is 10.2. The third-order valence-corrected chi connectivity index (χ3v) is 5.09. The normalized spacial score (nSPS) is 19.1. The van der Waals surface area contributed by atoms with E-state index in [1.165, 1.54) is 21.3 Å². The summed E-state index contributed by atoms with van der Waals surface area (Å²) in [5.74, 6) is 1.86. The molecule has 0 heterocycles. The molecule has 2 N–H and O–H groups in total. The van der Waals surface area contributed by atoms with Crippen molar-refractivity contribution in [3.05, 3.63) is 12.1 Å². The summed E-state index contributed by atoms with van der Waals surface area (Å²) in [6.07, 6.45) is 2.88. The first-order valence-electron chi connectivity index (χ1n) is 9.78. The van der Waals surface area contributed by atoms with E-state index in [0.29, 0.717) is 48.2 Å². The SMILES string of the molecule is COc1cc(NC(=O)C2CCC(C(=O)NCC(C)C)CC2)cc(OC)c1OC. The second-order valence-electron chi connectivity index (χ2n) is 7.59. The van der Waals surface area contributed by atoms with Crippen molar-refractivity contribution >= 4 is 17.5 Å². The fraction of sp³-hybridized carbons (Fsp3) is 0.619. The van der Waals surface area contributed by atoms with Gasteiger partial charge >= 0.3 is 0 Å². The second-order valence-corrected chi connectivity index (χ2v) is 7.59. The Balaban J connectivity index is 1.95. The maximum absolute atomic E-state index is 12.7. The molecular weight excluding hydrogens is 360 g/mol. The minimum Gasteiger partial charge on any atom is -0.493 e. The van der Waals surface area contributed by atoms with E-state index in [4.69, 9.17) is 14.2 Å². The lowest BCUT2D eigenvalue weighted by Crippen LogP contribution is -2.37. The van der Waals surface area contributed by atoms with Crippen LogP contribution in [0.4, 0.5) is 5.69 Å². The van der Waals surface area contributed by atoms with Crippen LogP contribution in [-0.2, 0) is 9.59 Å². The lowest BCUT2D eigenvalue weighted by atomic mass is 9.81. The predicted molar refractivity (Wildman–Crippen MR) is 108 cm³/mol. The van der Waals surface area contributed by atoms with Gasteiger partial charge in [0.1, 0.15) is 0 Å². The minimum atomic E-state index is -0.103. The van der Waals surface area contributed by atoms with Crippen LogP contribution in [0, 0.1) is 17.8 Å². The number of benzene rings is 1. The van der Waals surface area contributed by atoms with Gasteiger partial charge in [0.2, 0.25) is 17.6 Å². The number of amides is 2. The van der Waals surface area contributed by atoms with E-state index in [1.54, 1.807) is 12.1 Å². The molecule has 2 rings (SSSR count). The summed E-state index contributed by atoms with van der Waals surface area (Å²) in [6, 6.07) is 3.43. The van der Waals surface area contributed by atoms with Gasteiger partial charge in [-0.1, -0.05) is 13.8 Å². The number of nitrogens with one attached hydrogen (secondary N) is 2. The molecule has 0 atom stereocenters. The number of carbonyl (C=O) groups is 2. The van der Waals surface area contributed by atoms with Crippen molar-refractivity contribution in [1.82, 2.24) is 5.32 Å². The fourth-order valence-corrected chi connectivity index (χ4v) is 3.46. The molecule has 0 saturated heterocycles. The molecule has 0 bridgehead atoms. The van der Waals surface area contributed by atoms with Gasteiger partial charge in [0.05, 0.1) is 21.3 Å². The van der Waals surface area contributed by atoms with Crippen LogP contribution >= 0.6 is 0 Å². The number of ether oxygens (including phenoxy) is 3. The molecule has 0 spiro atoms. The molecule has 0 aliphatic heterocycles. The maximum atomic E-state index is 12.7. The van der Waals surface area contributed by atoms with Gasteiger partial charge in [0, 0.05) is 36.2 Å². The van der Waals surface area contributed by atoms with E-state index in [0.717, 1.165) is 12.8 Å². The molecule has 1 aromatic carbocycles. The highest BCUT2D eigenvalue weighted by Crippen LogP contribution is 2.40. The van der Waals surface area contributed by atoms with Gasteiger partial charge in [-0.05, 0) is 31.6 Å². The number of anilines is 1. The van der Waals surface area contributed by atoms with Gasteiger partial charge in [0.25, 0.3) is 0 Å². The Kier molecular flexibility index (Phi) is 7.96. The summed E-state index contributed by atoms with van der Waals surface area (Å²) in [5.41, 5.74) is 0.594. The van der Waals surface area contributed by atoms with Gasteiger partial charge in [-0.2, -0.15) is 0 Å². The number of rotatable bonds is 8. The zero-order chi connectivity index (χ0) is 20.7. The Bertz CT molecular complexity index is 656. The predicted octanol–water partition coefficient (Wildman–Crippen LogP) is 3.23. The van der Waals surface area contributed by atoms with E-state index in [2.05, 4.69) is 24.5 Å². The molecule has 0 unspecified atom stereocenters. The van der Waals surface area contributed by atoms with Crippen molar-refractivity contribution in [3.63, 3.8) is 0 Å². The standard InChI is InChI=1S/C21H32N2O5/c1-13(2)12-22-20(24)14-6-8-15(9-7-14)21(25)23-16-10-17(26-3)19(28-5)18(11-16)27-4/h10-11,13-15H,6-9,12H2,1-5H3,(H,22,24)(H,23,25). The van der Waals surface area contributed by atoms with Crippen LogP contribution in [0.2, 0.25) is 0 Å². The van der Waals surface area contributed by atoms with Crippen molar-refractivity contribution < 1.29 is 23.8 Å². The molecule has 1 aliphatic carbocycles. The molecule has 1 saturated carbocycles. The quantitative estimate of drug-likeness (QED) is 0.709. The molecule has 28 heavy (non-hydrogen) atoms. The highest BCUT2D eigenvalue weighted by atomic mass is 16.5.